The molecule has 0 fully saturated rings. The first kappa shape index (κ1) is 13.6. The summed E-state index contributed by atoms with van der Waals surface area (Å²) >= 11 is 1.30. The van der Waals surface area contributed by atoms with Crippen LogP contribution in [0.1, 0.15) is 28.9 Å². The summed E-state index contributed by atoms with van der Waals surface area (Å²) in [5.74, 6) is 2.17. The average molecular weight is 275 g/mol. The van der Waals surface area contributed by atoms with E-state index in [0.717, 1.165) is 29.3 Å². The van der Waals surface area contributed by atoms with Crippen LogP contribution >= 0.6 is 11.3 Å². The molecule has 2 aromatic rings. The SMILES string of the molecule is C#CCCCCNC(=O)c1cc2ccc(F)cc2s1. The van der Waals surface area contributed by atoms with E-state index in [9.17, 15) is 9.18 Å². The first-order valence-electron chi connectivity index (χ1n) is 6.11. The second kappa shape index (κ2) is 6.35. The van der Waals surface area contributed by atoms with E-state index >= 15 is 0 Å². The second-order valence-corrected chi connectivity index (χ2v) is 5.29. The Morgan fingerprint density at radius 1 is 1.37 bits per heavy atom. The normalized spacial score (nSPS) is 10.3. The van der Waals surface area contributed by atoms with Gasteiger partial charge in [-0.15, -0.1) is 23.7 Å². The predicted octanol–water partition coefficient (Wildman–Crippen LogP) is 3.57. The molecule has 0 unspecified atom stereocenters. The Labute approximate surface area is 115 Å². The van der Waals surface area contributed by atoms with Gasteiger partial charge < -0.3 is 5.32 Å². The molecular formula is C15H14FNOS. The van der Waals surface area contributed by atoms with Gasteiger partial charge in [-0.05, 0) is 36.4 Å². The number of terminal acetylenes is 1. The topological polar surface area (TPSA) is 29.1 Å². The number of nitrogens with one attached hydrogen (secondary N) is 1. The van der Waals surface area contributed by atoms with Gasteiger partial charge in [0.15, 0.2) is 0 Å². The van der Waals surface area contributed by atoms with Gasteiger partial charge in [-0.3, -0.25) is 4.79 Å². The van der Waals surface area contributed by atoms with Crippen molar-refractivity contribution in [1.29, 1.82) is 0 Å². The predicted molar refractivity (Wildman–Crippen MR) is 76.8 cm³/mol. The molecule has 0 aliphatic heterocycles. The lowest BCUT2D eigenvalue weighted by atomic mass is 10.2. The van der Waals surface area contributed by atoms with Crippen molar-refractivity contribution in [3.8, 4) is 12.3 Å². The molecule has 2 rings (SSSR count). The van der Waals surface area contributed by atoms with Crippen LogP contribution in [0.25, 0.3) is 10.1 Å². The van der Waals surface area contributed by atoms with Crippen molar-refractivity contribution in [2.24, 2.45) is 0 Å². The summed E-state index contributed by atoms with van der Waals surface area (Å²) in [6.07, 6.45) is 7.67. The van der Waals surface area contributed by atoms with Crippen molar-refractivity contribution >= 4 is 27.3 Å². The number of amides is 1. The molecule has 0 saturated carbocycles. The van der Waals surface area contributed by atoms with Gasteiger partial charge in [-0.25, -0.2) is 4.39 Å². The quantitative estimate of drug-likeness (QED) is 0.656. The van der Waals surface area contributed by atoms with Crippen molar-refractivity contribution in [2.75, 3.05) is 6.54 Å². The molecule has 98 valence electrons. The van der Waals surface area contributed by atoms with Gasteiger partial charge in [0.05, 0.1) is 4.88 Å². The molecule has 4 heteroatoms. The highest BCUT2D eigenvalue weighted by Gasteiger charge is 2.09. The minimum absolute atomic E-state index is 0.109. The minimum Gasteiger partial charge on any atom is -0.351 e. The van der Waals surface area contributed by atoms with E-state index in [4.69, 9.17) is 6.42 Å². The van der Waals surface area contributed by atoms with E-state index in [1.807, 2.05) is 0 Å². The van der Waals surface area contributed by atoms with Crippen molar-refractivity contribution in [1.82, 2.24) is 5.32 Å². The Bertz CT molecular complexity index is 627. The fraction of sp³-hybridized carbons (Fsp3) is 0.267. The number of benzene rings is 1. The number of halogens is 1. The zero-order valence-electron chi connectivity index (χ0n) is 10.4. The fourth-order valence-electron chi connectivity index (χ4n) is 1.76. The zero-order valence-corrected chi connectivity index (χ0v) is 11.2. The lowest BCUT2D eigenvalue weighted by Gasteiger charge is -2.01. The summed E-state index contributed by atoms with van der Waals surface area (Å²) in [5, 5.41) is 3.74. The monoisotopic (exact) mass is 275 g/mol. The highest BCUT2D eigenvalue weighted by molar-refractivity contribution is 7.20. The van der Waals surface area contributed by atoms with Crippen LogP contribution in [0.15, 0.2) is 24.3 Å². The Morgan fingerprint density at radius 2 is 2.21 bits per heavy atom. The van der Waals surface area contributed by atoms with Gasteiger partial charge in [0.25, 0.3) is 5.91 Å². The average Bonchev–Trinajstić information content (AvgIpc) is 2.81. The van der Waals surface area contributed by atoms with E-state index in [0.29, 0.717) is 11.4 Å². The van der Waals surface area contributed by atoms with Crippen LogP contribution in [0.5, 0.6) is 0 Å². The third kappa shape index (κ3) is 3.55. The Hall–Kier alpha value is -1.86. The van der Waals surface area contributed by atoms with E-state index in [1.165, 1.54) is 23.5 Å². The first-order chi connectivity index (χ1) is 9.20. The molecular weight excluding hydrogens is 261 g/mol. The maximum absolute atomic E-state index is 13.1. The van der Waals surface area contributed by atoms with Gasteiger partial charge in [0.1, 0.15) is 5.82 Å². The van der Waals surface area contributed by atoms with Crippen LogP contribution in [0.3, 0.4) is 0 Å². The van der Waals surface area contributed by atoms with Gasteiger partial charge in [-0.2, -0.15) is 0 Å². The molecule has 1 amide bonds. The lowest BCUT2D eigenvalue weighted by molar-refractivity contribution is 0.0957. The molecule has 19 heavy (non-hydrogen) atoms. The van der Waals surface area contributed by atoms with Crippen LogP contribution in [0, 0.1) is 18.2 Å². The third-order valence-corrected chi connectivity index (χ3v) is 3.84. The Balaban J connectivity index is 1.96. The van der Waals surface area contributed by atoms with Crippen molar-refractivity contribution in [3.05, 3.63) is 35.0 Å². The number of fused-ring (bicyclic) bond motifs is 1. The highest BCUT2D eigenvalue weighted by atomic mass is 32.1. The summed E-state index contributed by atoms with van der Waals surface area (Å²) in [6.45, 7) is 0.614. The van der Waals surface area contributed by atoms with Crippen molar-refractivity contribution in [3.63, 3.8) is 0 Å². The summed E-state index contributed by atoms with van der Waals surface area (Å²) in [7, 11) is 0. The first-order valence-corrected chi connectivity index (χ1v) is 6.93. The number of thiophene rings is 1. The summed E-state index contributed by atoms with van der Waals surface area (Å²) in [4.78, 5) is 12.5. The third-order valence-electron chi connectivity index (χ3n) is 2.74. The fourth-order valence-corrected chi connectivity index (χ4v) is 2.76. The van der Waals surface area contributed by atoms with Crippen LogP contribution in [-0.4, -0.2) is 12.5 Å². The molecule has 1 aromatic carbocycles. The van der Waals surface area contributed by atoms with Gasteiger partial charge in [0.2, 0.25) is 0 Å². The number of hydrogen-bond donors (Lipinski definition) is 1. The standard InChI is InChI=1S/C15H14FNOS/c1-2-3-4-5-8-17-15(18)14-9-11-6-7-12(16)10-13(11)19-14/h1,6-7,9-10H,3-5,8H2,(H,17,18). The van der Waals surface area contributed by atoms with E-state index < -0.39 is 0 Å². The number of hydrogen-bond acceptors (Lipinski definition) is 2. The van der Waals surface area contributed by atoms with E-state index in [-0.39, 0.29) is 11.7 Å². The molecule has 2 nitrogen and oxygen atoms in total. The van der Waals surface area contributed by atoms with Gasteiger partial charge in [0, 0.05) is 17.7 Å². The molecule has 0 radical (unpaired) electrons. The number of carbonyl (C=O) groups excluding carboxylic acids is 1. The van der Waals surface area contributed by atoms with Crippen molar-refractivity contribution < 1.29 is 9.18 Å². The van der Waals surface area contributed by atoms with E-state index in [2.05, 4.69) is 11.2 Å². The number of carbonyl (C=O) groups is 1. The van der Waals surface area contributed by atoms with Crippen LogP contribution < -0.4 is 5.32 Å². The number of unbranched alkanes of at least 4 members (excludes halogenated alkanes) is 2. The molecule has 1 N–H and O–H groups in total. The molecule has 0 atom stereocenters. The highest BCUT2D eigenvalue weighted by Crippen LogP contribution is 2.26. The van der Waals surface area contributed by atoms with Gasteiger partial charge in [-0.1, -0.05) is 6.07 Å². The Kier molecular flexibility index (Phi) is 4.53. The smallest absolute Gasteiger partial charge is 0.261 e. The molecule has 0 aliphatic carbocycles. The molecule has 1 heterocycles. The summed E-state index contributed by atoms with van der Waals surface area (Å²) in [6, 6.07) is 6.32. The second-order valence-electron chi connectivity index (χ2n) is 4.21. The maximum atomic E-state index is 13.1. The molecule has 0 aliphatic rings. The molecule has 0 saturated heterocycles. The summed E-state index contributed by atoms with van der Waals surface area (Å²) < 4.78 is 13.8. The van der Waals surface area contributed by atoms with E-state index in [1.54, 1.807) is 12.1 Å². The molecule has 0 bridgehead atoms. The molecule has 1 aromatic heterocycles. The summed E-state index contributed by atoms with van der Waals surface area (Å²) in [5.41, 5.74) is 0. The van der Waals surface area contributed by atoms with Crippen LogP contribution in [0.4, 0.5) is 4.39 Å². The molecule has 0 spiro atoms. The maximum Gasteiger partial charge on any atom is 0.261 e. The lowest BCUT2D eigenvalue weighted by Crippen LogP contribution is -2.23. The minimum atomic E-state index is -0.282. The largest absolute Gasteiger partial charge is 0.351 e. The van der Waals surface area contributed by atoms with Gasteiger partial charge >= 0.3 is 0 Å². The van der Waals surface area contributed by atoms with Crippen LogP contribution in [0.2, 0.25) is 0 Å². The zero-order chi connectivity index (χ0) is 13.7. The van der Waals surface area contributed by atoms with Crippen molar-refractivity contribution in [2.45, 2.75) is 19.3 Å². The Morgan fingerprint density at radius 3 is 3.00 bits per heavy atom. The number of rotatable bonds is 5. The van der Waals surface area contributed by atoms with Crippen LogP contribution in [-0.2, 0) is 0 Å².